The van der Waals surface area contributed by atoms with Crippen molar-refractivity contribution >= 4 is 13.3 Å². The molecule has 0 saturated heterocycles. The average Bonchev–Trinajstić information content (AvgIpc) is 3.11. The van der Waals surface area contributed by atoms with E-state index >= 15 is 0 Å². The molecular weight excluding hydrogens is 428 g/mol. The largest absolute Gasteiger partial charge is 0.489 e. The van der Waals surface area contributed by atoms with Crippen molar-refractivity contribution in [1.29, 1.82) is 0 Å². The van der Waals surface area contributed by atoms with Crippen LogP contribution in [-0.4, -0.2) is 14.7 Å². The summed E-state index contributed by atoms with van der Waals surface area (Å²) in [7, 11) is -2.12. The molecule has 1 aliphatic rings. The predicted molar refractivity (Wildman–Crippen MR) is 150 cm³/mol. The van der Waals surface area contributed by atoms with Gasteiger partial charge in [0.1, 0.15) is 12.4 Å². The molecule has 4 rings (SSSR count). The van der Waals surface area contributed by atoms with Gasteiger partial charge in [-0.1, -0.05) is 128 Å². The lowest BCUT2D eigenvalue weighted by Crippen LogP contribution is -2.49. The molecule has 178 valence electrons. The van der Waals surface area contributed by atoms with E-state index in [0.717, 1.165) is 5.75 Å². The lowest BCUT2D eigenvalue weighted by Gasteiger charge is -2.37. The van der Waals surface area contributed by atoms with Gasteiger partial charge in [-0.3, -0.25) is 0 Å². The van der Waals surface area contributed by atoms with Crippen LogP contribution in [0, 0.1) is 0 Å². The smallest absolute Gasteiger partial charge is 0.122 e. The zero-order valence-corrected chi connectivity index (χ0v) is 23.3. The molecule has 0 amide bonds. The summed E-state index contributed by atoms with van der Waals surface area (Å²) in [5.41, 5.74) is 8.82. The predicted octanol–water partition coefficient (Wildman–Crippen LogP) is 8.11. The molecule has 0 heterocycles. The zero-order chi connectivity index (χ0) is 24.9. The van der Waals surface area contributed by atoms with Gasteiger partial charge in [-0.15, -0.1) is 0 Å². The summed E-state index contributed by atoms with van der Waals surface area (Å²) in [6.45, 7) is 23.4. The van der Waals surface area contributed by atoms with Crippen LogP contribution >= 0.6 is 0 Å². The second kappa shape index (κ2) is 8.57. The molecule has 0 saturated carbocycles. The summed E-state index contributed by atoms with van der Waals surface area (Å²) in [4.78, 5) is 0. The third kappa shape index (κ3) is 4.18. The van der Waals surface area contributed by atoms with Crippen molar-refractivity contribution in [2.24, 2.45) is 0 Å². The molecule has 0 radical (unpaired) electrons. The number of hydrogen-bond donors (Lipinski definition) is 0. The fraction of sp³-hybridized carbons (Fsp3) is 0.375. The Morgan fingerprint density at radius 1 is 0.824 bits per heavy atom. The fourth-order valence-electron chi connectivity index (χ4n) is 5.48. The quantitative estimate of drug-likeness (QED) is 0.271. The van der Waals surface area contributed by atoms with Crippen molar-refractivity contribution in [3.05, 3.63) is 95.6 Å². The van der Waals surface area contributed by atoms with Crippen LogP contribution in [-0.2, 0) is 10.8 Å². The lowest BCUT2D eigenvalue weighted by molar-refractivity contribution is 0.353. The topological polar surface area (TPSA) is 9.23 Å². The highest BCUT2D eigenvalue weighted by Crippen LogP contribution is 2.49. The summed E-state index contributed by atoms with van der Waals surface area (Å²) in [5, 5.41) is 1.42. The van der Waals surface area contributed by atoms with Gasteiger partial charge in [0.25, 0.3) is 0 Å². The Kier molecular flexibility index (Phi) is 6.19. The SMILES string of the molecule is C=CCOc1c(C(C)(C)C)cc(C(C)(C)C)cc1[Si](C)(C)C1c2ccccc2-c2ccccc21. The molecule has 34 heavy (non-hydrogen) atoms. The Balaban J connectivity index is 2.04. The summed E-state index contributed by atoms with van der Waals surface area (Å²) >= 11 is 0. The number of fused-ring (bicyclic) bond motifs is 3. The van der Waals surface area contributed by atoms with Crippen molar-refractivity contribution in [2.75, 3.05) is 6.61 Å². The third-order valence-electron chi connectivity index (χ3n) is 7.36. The van der Waals surface area contributed by atoms with Crippen LogP contribution in [0.15, 0.2) is 73.3 Å². The van der Waals surface area contributed by atoms with Crippen LogP contribution < -0.4 is 9.92 Å². The summed E-state index contributed by atoms with van der Waals surface area (Å²) in [6, 6.07) is 22.9. The minimum absolute atomic E-state index is 0.0253. The van der Waals surface area contributed by atoms with Crippen LogP contribution in [0.5, 0.6) is 5.75 Å². The second-order valence-corrected chi connectivity index (χ2v) is 16.9. The Bertz CT molecular complexity index is 1170. The van der Waals surface area contributed by atoms with Gasteiger partial charge in [0.2, 0.25) is 0 Å². The van der Waals surface area contributed by atoms with Gasteiger partial charge in [-0.25, -0.2) is 0 Å². The summed E-state index contributed by atoms with van der Waals surface area (Å²) in [5.74, 6) is 1.08. The van der Waals surface area contributed by atoms with E-state index in [-0.39, 0.29) is 10.8 Å². The van der Waals surface area contributed by atoms with Crippen molar-refractivity contribution in [3.63, 3.8) is 0 Å². The molecule has 1 nitrogen and oxygen atoms in total. The Morgan fingerprint density at radius 3 is 1.82 bits per heavy atom. The highest BCUT2D eigenvalue weighted by atomic mass is 28.3. The van der Waals surface area contributed by atoms with E-state index in [4.69, 9.17) is 4.74 Å². The first-order valence-electron chi connectivity index (χ1n) is 12.5. The summed E-state index contributed by atoms with van der Waals surface area (Å²) in [6.07, 6.45) is 1.86. The normalized spacial score (nSPS) is 14.0. The molecule has 0 spiro atoms. The Morgan fingerprint density at radius 2 is 1.35 bits per heavy atom. The number of hydrogen-bond acceptors (Lipinski definition) is 1. The van der Waals surface area contributed by atoms with Gasteiger partial charge in [-0.05, 0) is 49.4 Å². The molecular formula is C32H40OSi. The minimum Gasteiger partial charge on any atom is -0.489 e. The lowest BCUT2D eigenvalue weighted by atomic mass is 9.80. The monoisotopic (exact) mass is 468 g/mol. The first-order valence-corrected chi connectivity index (χ1v) is 15.6. The molecule has 0 unspecified atom stereocenters. The molecule has 0 aliphatic heterocycles. The Hall–Kier alpha value is -2.58. The number of ether oxygens (including phenoxy) is 1. The van der Waals surface area contributed by atoms with Crippen molar-refractivity contribution in [3.8, 4) is 16.9 Å². The van der Waals surface area contributed by atoms with Gasteiger partial charge in [-0.2, -0.15) is 0 Å². The first kappa shape index (κ1) is 24.5. The molecule has 3 aromatic carbocycles. The van der Waals surface area contributed by atoms with Crippen LogP contribution in [0.2, 0.25) is 13.1 Å². The maximum absolute atomic E-state index is 6.55. The molecule has 0 atom stereocenters. The van der Waals surface area contributed by atoms with Crippen LogP contribution in [0.25, 0.3) is 11.1 Å². The minimum atomic E-state index is -2.12. The molecule has 3 aromatic rings. The number of rotatable bonds is 5. The van der Waals surface area contributed by atoms with Crippen LogP contribution in [0.3, 0.4) is 0 Å². The van der Waals surface area contributed by atoms with E-state index in [0.29, 0.717) is 12.1 Å². The van der Waals surface area contributed by atoms with Gasteiger partial charge in [0.05, 0.1) is 8.07 Å². The van der Waals surface area contributed by atoms with Crippen molar-refractivity contribution in [1.82, 2.24) is 0 Å². The van der Waals surface area contributed by atoms with Crippen LogP contribution in [0.4, 0.5) is 0 Å². The van der Waals surface area contributed by atoms with Crippen molar-refractivity contribution < 1.29 is 4.74 Å². The second-order valence-electron chi connectivity index (χ2n) is 12.3. The highest BCUT2D eigenvalue weighted by molar-refractivity contribution is 6.92. The van der Waals surface area contributed by atoms with E-state index < -0.39 is 8.07 Å². The van der Waals surface area contributed by atoms with E-state index in [9.17, 15) is 0 Å². The molecule has 1 aliphatic carbocycles. The van der Waals surface area contributed by atoms with Gasteiger partial charge in [0, 0.05) is 5.54 Å². The van der Waals surface area contributed by atoms with Gasteiger partial charge < -0.3 is 4.74 Å². The Labute approximate surface area is 207 Å². The molecule has 0 fully saturated rings. The van der Waals surface area contributed by atoms with E-state index in [2.05, 4.69) is 122 Å². The van der Waals surface area contributed by atoms with Gasteiger partial charge in [0.15, 0.2) is 0 Å². The highest BCUT2D eigenvalue weighted by Gasteiger charge is 2.44. The molecule has 0 aromatic heterocycles. The van der Waals surface area contributed by atoms with E-state index in [1.807, 2.05) is 6.08 Å². The fourth-order valence-corrected chi connectivity index (χ4v) is 9.17. The summed E-state index contributed by atoms with van der Waals surface area (Å²) < 4.78 is 6.55. The molecule has 2 heteroatoms. The van der Waals surface area contributed by atoms with Gasteiger partial charge >= 0.3 is 0 Å². The van der Waals surface area contributed by atoms with E-state index in [1.165, 1.54) is 38.6 Å². The zero-order valence-electron chi connectivity index (χ0n) is 22.3. The maximum atomic E-state index is 6.55. The van der Waals surface area contributed by atoms with Crippen molar-refractivity contribution in [2.45, 2.75) is 71.0 Å². The standard InChI is InChI=1S/C32H40OSi/c1-10-19-33-29-27(32(5,6)7)20-22(31(2,3)4)21-28(29)34(8,9)30-25-17-13-11-15-23(25)24-16-12-14-18-26(24)30/h10-18,20-21,30H,1,19H2,2-9H3. The first-order chi connectivity index (χ1) is 15.9. The molecule has 0 N–H and O–H groups in total. The third-order valence-corrected chi connectivity index (χ3v) is 11.2. The average molecular weight is 469 g/mol. The van der Waals surface area contributed by atoms with E-state index in [1.54, 1.807) is 0 Å². The maximum Gasteiger partial charge on any atom is 0.122 e. The number of benzene rings is 3. The molecule has 0 bridgehead atoms. The van der Waals surface area contributed by atoms with Crippen LogP contribution in [0.1, 0.15) is 69.3 Å².